The number of benzene rings is 2. The Bertz CT molecular complexity index is 889. The molecule has 7 heteroatoms. The van der Waals surface area contributed by atoms with Crippen molar-refractivity contribution in [1.29, 1.82) is 5.41 Å². The van der Waals surface area contributed by atoms with E-state index in [2.05, 4.69) is 5.32 Å². The highest BCUT2D eigenvalue weighted by molar-refractivity contribution is 6.12. The number of anilines is 2. The first-order valence-corrected chi connectivity index (χ1v) is 8.48. The van der Waals surface area contributed by atoms with Crippen LogP contribution in [0.1, 0.15) is 24.0 Å². The Balaban J connectivity index is 1.78. The van der Waals surface area contributed by atoms with Crippen LogP contribution in [0.2, 0.25) is 0 Å². The normalized spacial score (nSPS) is 16.6. The average Bonchev–Trinajstić information content (AvgIpc) is 3.18. The lowest BCUT2D eigenvalue weighted by molar-refractivity contribution is -0.124. The monoisotopic (exact) mass is 371 g/mol. The summed E-state index contributed by atoms with van der Waals surface area (Å²) in [7, 11) is 0. The molecule has 0 spiro atoms. The van der Waals surface area contributed by atoms with Gasteiger partial charge in [-0.25, -0.2) is 8.78 Å². The zero-order chi connectivity index (χ0) is 19.4. The van der Waals surface area contributed by atoms with Gasteiger partial charge in [0.05, 0.1) is 11.4 Å². The summed E-state index contributed by atoms with van der Waals surface area (Å²) in [5, 5.41) is 10.7. The lowest BCUT2D eigenvalue weighted by Crippen LogP contribution is -2.27. The van der Waals surface area contributed by atoms with E-state index in [0.717, 1.165) is 12.5 Å². The van der Waals surface area contributed by atoms with Gasteiger partial charge in [-0.1, -0.05) is 18.2 Å². The minimum Gasteiger partial charge on any atom is -0.398 e. The number of nitrogens with one attached hydrogen (secondary N) is 2. The Hall–Kier alpha value is -3.06. The summed E-state index contributed by atoms with van der Waals surface area (Å²) in [5.74, 6) is -1.45. The molecule has 0 bridgehead atoms. The smallest absolute Gasteiger partial charge is 0.253 e. The number of nitrogen functional groups attached to an aromatic ring is 1. The average molecular weight is 371 g/mol. The van der Waals surface area contributed by atoms with Gasteiger partial charge in [-0.2, -0.15) is 0 Å². The van der Waals surface area contributed by atoms with Crippen LogP contribution in [-0.4, -0.2) is 24.3 Å². The van der Waals surface area contributed by atoms with Gasteiger partial charge in [-0.05, 0) is 48.7 Å². The van der Waals surface area contributed by atoms with E-state index in [1.807, 2.05) is 0 Å². The highest BCUT2D eigenvalue weighted by atomic mass is 19.1. The molecule has 1 fully saturated rings. The van der Waals surface area contributed by atoms with E-state index < -0.39 is 17.8 Å². The second-order valence-electron chi connectivity index (χ2n) is 6.21. The van der Waals surface area contributed by atoms with Crippen LogP contribution in [0.4, 0.5) is 20.2 Å². The molecule has 27 heavy (non-hydrogen) atoms. The Morgan fingerprint density at radius 1 is 1.26 bits per heavy atom. The predicted molar refractivity (Wildman–Crippen MR) is 101 cm³/mol. The van der Waals surface area contributed by atoms with Gasteiger partial charge in [0.15, 0.2) is 0 Å². The number of carbonyl (C=O) groups is 1. The molecule has 1 aliphatic heterocycles. The first-order valence-electron chi connectivity index (χ1n) is 8.48. The fourth-order valence-corrected chi connectivity index (χ4v) is 2.76. The Morgan fingerprint density at radius 3 is 2.67 bits per heavy atom. The van der Waals surface area contributed by atoms with Crippen molar-refractivity contribution in [1.82, 2.24) is 0 Å². The number of allylic oxidation sites excluding steroid dienone is 1. The van der Waals surface area contributed by atoms with Gasteiger partial charge in [-0.15, -0.1) is 0 Å². The topological polar surface area (TPSA) is 88.2 Å². The summed E-state index contributed by atoms with van der Waals surface area (Å²) in [6.45, 7) is 0.506. The summed E-state index contributed by atoms with van der Waals surface area (Å²) in [4.78, 5) is 12.1. The van der Waals surface area contributed by atoms with Gasteiger partial charge >= 0.3 is 0 Å². The Kier molecular flexibility index (Phi) is 5.61. The van der Waals surface area contributed by atoms with Crippen molar-refractivity contribution >= 4 is 29.1 Å². The number of nitrogens with two attached hydrogens (primary N) is 1. The molecule has 1 amide bonds. The molecular formula is C20H19F2N3O2. The maximum absolute atomic E-state index is 14.2. The molecule has 1 unspecified atom stereocenters. The van der Waals surface area contributed by atoms with Crippen LogP contribution in [0.15, 0.2) is 42.5 Å². The van der Waals surface area contributed by atoms with Crippen molar-refractivity contribution in [2.24, 2.45) is 0 Å². The van der Waals surface area contributed by atoms with Crippen molar-refractivity contribution in [2.45, 2.75) is 18.9 Å². The number of hydrogen-bond acceptors (Lipinski definition) is 4. The first kappa shape index (κ1) is 18.7. The molecule has 1 heterocycles. The van der Waals surface area contributed by atoms with E-state index in [0.29, 0.717) is 18.6 Å². The molecule has 0 radical (unpaired) electrons. The highest BCUT2D eigenvalue weighted by Gasteiger charge is 2.24. The van der Waals surface area contributed by atoms with Crippen LogP contribution in [-0.2, 0) is 9.53 Å². The van der Waals surface area contributed by atoms with Crippen LogP contribution < -0.4 is 11.1 Å². The van der Waals surface area contributed by atoms with Crippen molar-refractivity contribution in [3.05, 3.63) is 65.2 Å². The third-order valence-corrected chi connectivity index (χ3v) is 4.22. The van der Waals surface area contributed by atoms with E-state index in [4.69, 9.17) is 15.9 Å². The van der Waals surface area contributed by atoms with Gasteiger partial charge in [0.1, 0.15) is 17.7 Å². The molecule has 1 saturated heterocycles. The molecule has 5 nitrogen and oxygen atoms in total. The minimum absolute atomic E-state index is 0.0319. The van der Waals surface area contributed by atoms with E-state index in [1.54, 1.807) is 18.2 Å². The number of halogens is 2. The number of hydrogen-bond donors (Lipinski definition) is 3. The predicted octanol–water partition coefficient (Wildman–Crippen LogP) is 3.75. The fraction of sp³-hybridized carbons (Fsp3) is 0.200. The summed E-state index contributed by atoms with van der Waals surface area (Å²) >= 11 is 0. The first-order chi connectivity index (χ1) is 12.9. The molecule has 140 valence electrons. The van der Waals surface area contributed by atoms with Gasteiger partial charge in [0.25, 0.3) is 5.91 Å². The molecule has 2 aromatic rings. The molecule has 1 aliphatic rings. The zero-order valence-corrected chi connectivity index (χ0v) is 14.5. The highest BCUT2D eigenvalue weighted by Crippen LogP contribution is 2.24. The summed E-state index contributed by atoms with van der Waals surface area (Å²) < 4.78 is 32.4. The fourth-order valence-electron chi connectivity index (χ4n) is 2.76. The van der Waals surface area contributed by atoms with Crippen molar-refractivity contribution < 1.29 is 18.3 Å². The molecule has 4 N–H and O–H groups in total. The van der Waals surface area contributed by atoms with Gasteiger partial charge in [0.2, 0.25) is 0 Å². The zero-order valence-electron chi connectivity index (χ0n) is 14.5. The minimum atomic E-state index is -0.682. The summed E-state index contributed by atoms with van der Waals surface area (Å²) in [6.07, 6.45) is 3.87. The third-order valence-electron chi connectivity index (χ3n) is 4.22. The van der Waals surface area contributed by atoms with Crippen molar-refractivity contribution in [2.75, 3.05) is 17.7 Å². The molecule has 0 aromatic heterocycles. The van der Waals surface area contributed by atoms with Crippen molar-refractivity contribution in [3.63, 3.8) is 0 Å². The number of rotatable bonds is 5. The Morgan fingerprint density at radius 2 is 2.00 bits per heavy atom. The van der Waals surface area contributed by atoms with Crippen LogP contribution in [0.25, 0.3) is 6.08 Å². The van der Waals surface area contributed by atoms with E-state index in [9.17, 15) is 13.6 Å². The second kappa shape index (κ2) is 8.09. The van der Waals surface area contributed by atoms with Gasteiger partial charge in [0, 0.05) is 17.9 Å². The van der Waals surface area contributed by atoms with Crippen LogP contribution in [0.3, 0.4) is 0 Å². The molecule has 0 aliphatic carbocycles. The van der Waals surface area contributed by atoms with Gasteiger partial charge in [-0.3, -0.25) is 4.79 Å². The van der Waals surface area contributed by atoms with E-state index >= 15 is 0 Å². The molecular weight excluding hydrogens is 352 g/mol. The third kappa shape index (κ3) is 4.57. The lowest BCUT2D eigenvalue weighted by atomic mass is 10.0. The lowest BCUT2D eigenvalue weighted by Gasteiger charge is -2.13. The van der Waals surface area contributed by atoms with Gasteiger partial charge < -0.3 is 21.2 Å². The molecule has 2 aromatic carbocycles. The van der Waals surface area contributed by atoms with Crippen molar-refractivity contribution in [3.8, 4) is 0 Å². The quantitative estimate of drug-likeness (QED) is 0.552. The molecule has 0 saturated carbocycles. The standard InChI is InChI=1S/C20H19F2N3O2/c21-13-6-3-12(4-7-13)5-8-16(23)14-10-18(15(22)11-17(14)24)25-20(26)19-2-1-9-27-19/h3-8,10-11,19,23H,1-2,9,24H2,(H,25,26)/b8-5+,23-16?. The van der Waals surface area contributed by atoms with Crippen LogP contribution >= 0.6 is 0 Å². The molecule has 3 rings (SSSR count). The van der Waals surface area contributed by atoms with Crippen LogP contribution in [0.5, 0.6) is 0 Å². The summed E-state index contributed by atoms with van der Waals surface area (Å²) in [6, 6.07) is 8.17. The van der Waals surface area contributed by atoms with E-state index in [-0.39, 0.29) is 28.5 Å². The number of ether oxygens (including phenoxy) is 1. The molecule has 1 atom stereocenters. The Labute approximate surface area is 155 Å². The maximum atomic E-state index is 14.2. The number of amides is 1. The second-order valence-corrected chi connectivity index (χ2v) is 6.21. The summed E-state index contributed by atoms with van der Waals surface area (Å²) in [5.41, 5.74) is 6.87. The number of carbonyl (C=O) groups excluding carboxylic acids is 1. The largest absolute Gasteiger partial charge is 0.398 e. The SMILES string of the molecule is N=C(/C=C/c1ccc(F)cc1)c1cc(NC(=O)C2CCCO2)c(F)cc1N. The van der Waals surface area contributed by atoms with E-state index in [1.165, 1.54) is 24.3 Å². The van der Waals surface area contributed by atoms with Crippen LogP contribution in [0, 0.1) is 17.0 Å². The maximum Gasteiger partial charge on any atom is 0.253 e.